The van der Waals surface area contributed by atoms with E-state index in [0.717, 1.165) is 22.6 Å². The Bertz CT molecular complexity index is 649. The van der Waals surface area contributed by atoms with Gasteiger partial charge in [0.1, 0.15) is 0 Å². The van der Waals surface area contributed by atoms with E-state index in [1.54, 1.807) is 11.3 Å². The molecule has 3 nitrogen and oxygen atoms in total. The quantitative estimate of drug-likeness (QED) is 0.899. The minimum atomic E-state index is -0.243. The number of rotatable bonds is 2. The summed E-state index contributed by atoms with van der Waals surface area (Å²) >= 11 is 8.11. The number of hydrogen-bond donors (Lipinski definition) is 1. The average Bonchev–Trinajstić information content (AvgIpc) is 2.66. The molecule has 21 heavy (non-hydrogen) atoms. The molecule has 1 aromatic carbocycles. The maximum atomic E-state index is 6.40. The predicted molar refractivity (Wildman–Crippen MR) is 86.9 cm³/mol. The number of nitrogens with two attached hydrogens (primary N) is 1. The van der Waals surface area contributed by atoms with Crippen molar-refractivity contribution in [2.75, 3.05) is 13.2 Å². The molecule has 5 heteroatoms. The molecule has 0 fully saturated rings. The SMILES string of the molecule is Cc1cc(C(N)c2cc3c(cc2Cl)OCCCO3)sc1C. The Morgan fingerprint density at radius 3 is 2.43 bits per heavy atom. The monoisotopic (exact) mass is 323 g/mol. The molecule has 1 unspecified atom stereocenters. The Kier molecular flexibility index (Phi) is 4.11. The van der Waals surface area contributed by atoms with Crippen LogP contribution in [0.15, 0.2) is 18.2 Å². The summed E-state index contributed by atoms with van der Waals surface area (Å²) in [5, 5.41) is 0.621. The molecule has 1 aliphatic rings. The molecule has 1 aromatic heterocycles. The Labute approximate surface area is 133 Å². The van der Waals surface area contributed by atoms with Crippen LogP contribution in [0.25, 0.3) is 0 Å². The van der Waals surface area contributed by atoms with E-state index in [4.69, 9.17) is 26.8 Å². The summed E-state index contributed by atoms with van der Waals surface area (Å²) < 4.78 is 11.4. The van der Waals surface area contributed by atoms with Crippen molar-refractivity contribution in [1.82, 2.24) is 0 Å². The third kappa shape index (κ3) is 2.89. The fourth-order valence-corrected chi connectivity index (χ4v) is 3.68. The summed E-state index contributed by atoms with van der Waals surface area (Å²) in [5.74, 6) is 1.43. The Balaban J connectivity index is 1.99. The Morgan fingerprint density at radius 1 is 1.14 bits per heavy atom. The second kappa shape index (κ2) is 5.87. The van der Waals surface area contributed by atoms with Gasteiger partial charge in [0.05, 0.1) is 19.3 Å². The van der Waals surface area contributed by atoms with Gasteiger partial charge in [0.2, 0.25) is 0 Å². The molecule has 112 valence electrons. The van der Waals surface area contributed by atoms with Gasteiger partial charge < -0.3 is 15.2 Å². The van der Waals surface area contributed by atoms with Crippen LogP contribution in [0, 0.1) is 13.8 Å². The fraction of sp³-hybridized carbons (Fsp3) is 0.375. The molecule has 2 aromatic rings. The number of benzene rings is 1. The Hall–Kier alpha value is -1.23. The van der Waals surface area contributed by atoms with Gasteiger partial charge in [-0.2, -0.15) is 0 Å². The molecule has 0 saturated heterocycles. The highest BCUT2D eigenvalue weighted by atomic mass is 35.5. The van der Waals surface area contributed by atoms with Gasteiger partial charge in [-0.1, -0.05) is 11.6 Å². The van der Waals surface area contributed by atoms with Crippen LogP contribution in [0.3, 0.4) is 0 Å². The number of halogens is 1. The maximum absolute atomic E-state index is 6.40. The normalized spacial score (nSPS) is 15.6. The van der Waals surface area contributed by atoms with Crippen LogP contribution >= 0.6 is 22.9 Å². The molecule has 1 atom stereocenters. The summed E-state index contributed by atoms with van der Waals surface area (Å²) in [6.45, 7) is 5.50. The van der Waals surface area contributed by atoms with Crippen LogP contribution in [0.4, 0.5) is 0 Å². The van der Waals surface area contributed by atoms with Gasteiger partial charge in [0, 0.05) is 27.3 Å². The minimum absolute atomic E-state index is 0.243. The van der Waals surface area contributed by atoms with Crippen molar-refractivity contribution in [2.45, 2.75) is 26.3 Å². The molecule has 0 aliphatic carbocycles. The highest BCUT2D eigenvalue weighted by Crippen LogP contribution is 2.39. The van der Waals surface area contributed by atoms with Crippen molar-refractivity contribution in [3.05, 3.63) is 44.1 Å². The third-order valence-corrected chi connectivity index (χ3v) is 5.26. The van der Waals surface area contributed by atoms with Crippen molar-refractivity contribution < 1.29 is 9.47 Å². The lowest BCUT2D eigenvalue weighted by Gasteiger charge is -2.15. The van der Waals surface area contributed by atoms with Crippen LogP contribution in [0.5, 0.6) is 11.5 Å². The van der Waals surface area contributed by atoms with Gasteiger partial charge in [-0.05, 0) is 37.1 Å². The number of thiophene rings is 1. The number of hydrogen-bond acceptors (Lipinski definition) is 4. The first-order valence-corrected chi connectivity index (χ1v) is 8.17. The van der Waals surface area contributed by atoms with Gasteiger partial charge in [-0.3, -0.25) is 0 Å². The van der Waals surface area contributed by atoms with E-state index in [1.165, 1.54) is 10.4 Å². The highest BCUT2D eigenvalue weighted by Gasteiger charge is 2.20. The number of fused-ring (bicyclic) bond motifs is 1. The molecular formula is C16H18ClNO2S. The summed E-state index contributed by atoms with van der Waals surface area (Å²) in [6.07, 6.45) is 0.872. The van der Waals surface area contributed by atoms with Crippen molar-refractivity contribution in [3.8, 4) is 11.5 Å². The van der Waals surface area contributed by atoms with Crippen molar-refractivity contribution in [2.24, 2.45) is 5.73 Å². The summed E-state index contributed by atoms with van der Waals surface area (Å²) in [5.41, 5.74) is 8.54. The first-order chi connectivity index (χ1) is 10.1. The van der Waals surface area contributed by atoms with E-state index in [0.29, 0.717) is 24.0 Å². The summed E-state index contributed by atoms with van der Waals surface area (Å²) in [6, 6.07) is 5.61. The molecule has 2 N–H and O–H groups in total. The number of ether oxygens (including phenoxy) is 2. The first kappa shape index (κ1) is 14.7. The molecule has 0 radical (unpaired) electrons. The average molecular weight is 324 g/mol. The van der Waals surface area contributed by atoms with Crippen molar-refractivity contribution in [1.29, 1.82) is 0 Å². The van der Waals surface area contributed by atoms with Crippen LogP contribution < -0.4 is 15.2 Å². The zero-order valence-electron chi connectivity index (χ0n) is 12.1. The van der Waals surface area contributed by atoms with E-state index in [1.807, 2.05) is 12.1 Å². The zero-order chi connectivity index (χ0) is 15.0. The van der Waals surface area contributed by atoms with Crippen LogP contribution in [0.1, 0.15) is 33.3 Å². The predicted octanol–water partition coefficient (Wildman–Crippen LogP) is 4.23. The number of aryl methyl sites for hydroxylation is 2. The van der Waals surface area contributed by atoms with E-state index in [-0.39, 0.29) is 6.04 Å². The van der Waals surface area contributed by atoms with Gasteiger partial charge in [0.15, 0.2) is 11.5 Å². The molecular weight excluding hydrogens is 306 g/mol. The lowest BCUT2D eigenvalue weighted by Crippen LogP contribution is -2.11. The fourth-order valence-electron chi connectivity index (χ4n) is 2.35. The van der Waals surface area contributed by atoms with Crippen LogP contribution in [-0.2, 0) is 0 Å². The second-order valence-corrected chi connectivity index (χ2v) is 6.93. The lowest BCUT2D eigenvalue weighted by molar-refractivity contribution is 0.297. The smallest absolute Gasteiger partial charge is 0.162 e. The summed E-state index contributed by atoms with van der Waals surface area (Å²) in [7, 11) is 0. The van der Waals surface area contributed by atoms with Gasteiger partial charge in [-0.15, -0.1) is 11.3 Å². The largest absolute Gasteiger partial charge is 0.490 e. The lowest BCUT2D eigenvalue weighted by atomic mass is 10.0. The standard InChI is InChI=1S/C16H18ClNO2S/c1-9-6-15(21-10(9)2)16(18)11-7-13-14(8-12(11)17)20-5-3-4-19-13/h6-8,16H,3-5,18H2,1-2H3. The molecule has 2 heterocycles. The first-order valence-electron chi connectivity index (χ1n) is 6.98. The Morgan fingerprint density at radius 2 is 1.81 bits per heavy atom. The molecule has 0 spiro atoms. The third-order valence-electron chi connectivity index (χ3n) is 3.69. The molecule has 1 aliphatic heterocycles. The van der Waals surface area contributed by atoms with E-state index < -0.39 is 0 Å². The van der Waals surface area contributed by atoms with E-state index in [2.05, 4.69) is 19.9 Å². The second-order valence-electron chi connectivity index (χ2n) is 5.24. The van der Waals surface area contributed by atoms with Crippen LogP contribution in [-0.4, -0.2) is 13.2 Å². The van der Waals surface area contributed by atoms with E-state index >= 15 is 0 Å². The van der Waals surface area contributed by atoms with Gasteiger partial charge >= 0.3 is 0 Å². The van der Waals surface area contributed by atoms with E-state index in [9.17, 15) is 0 Å². The molecule has 3 rings (SSSR count). The van der Waals surface area contributed by atoms with Crippen molar-refractivity contribution >= 4 is 22.9 Å². The molecule has 0 amide bonds. The van der Waals surface area contributed by atoms with Crippen molar-refractivity contribution in [3.63, 3.8) is 0 Å². The molecule has 0 bridgehead atoms. The minimum Gasteiger partial charge on any atom is -0.490 e. The molecule has 0 saturated carbocycles. The summed E-state index contributed by atoms with van der Waals surface area (Å²) in [4.78, 5) is 2.40. The topological polar surface area (TPSA) is 44.5 Å². The maximum Gasteiger partial charge on any atom is 0.162 e. The highest BCUT2D eigenvalue weighted by molar-refractivity contribution is 7.12. The zero-order valence-corrected chi connectivity index (χ0v) is 13.7. The van der Waals surface area contributed by atoms with Crippen LogP contribution in [0.2, 0.25) is 5.02 Å². The van der Waals surface area contributed by atoms with Gasteiger partial charge in [-0.25, -0.2) is 0 Å². The van der Waals surface area contributed by atoms with Gasteiger partial charge in [0.25, 0.3) is 0 Å².